The molecule has 0 saturated carbocycles. The van der Waals surface area contributed by atoms with E-state index in [2.05, 4.69) is 5.32 Å². The van der Waals surface area contributed by atoms with Crippen LogP contribution in [0.1, 0.15) is 5.56 Å². The minimum absolute atomic E-state index is 0.0114. The molecule has 0 atom stereocenters. The maximum absolute atomic E-state index is 11.6. The molecule has 0 saturated heterocycles. The van der Waals surface area contributed by atoms with Crippen molar-refractivity contribution in [3.63, 3.8) is 0 Å². The number of halogens is 2. The summed E-state index contributed by atoms with van der Waals surface area (Å²) in [4.78, 5) is 13.4. The van der Waals surface area contributed by atoms with Gasteiger partial charge in [0.25, 0.3) is 0 Å². The monoisotopic (exact) mass is 320 g/mol. The molecule has 2 N–H and O–H groups in total. The van der Waals surface area contributed by atoms with Crippen LogP contribution >= 0.6 is 23.2 Å². The summed E-state index contributed by atoms with van der Waals surface area (Å²) in [6.45, 7) is 1.51. The van der Waals surface area contributed by atoms with Gasteiger partial charge in [-0.25, -0.2) is 0 Å². The van der Waals surface area contributed by atoms with Crippen molar-refractivity contribution in [3.05, 3.63) is 27.7 Å². The molecule has 112 valence electrons. The first-order chi connectivity index (χ1) is 9.43. The summed E-state index contributed by atoms with van der Waals surface area (Å²) in [5.41, 5.74) is 0.578. The van der Waals surface area contributed by atoms with Crippen LogP contribution in [0, 0.1) is 0 Å². The fourth-order valence-electron chi connectivity index (χ4n) is 1.68. The third-order valence-corrected chi connectivity index (χ3v) is 3.10. The Morgan fingerprint density at radius 1 is 1.45 bits per heavy atom. The van der Waals surface area contributed by atoms with E-state index in [1.165, 1.54) is 6.07 Å². The van der Waals surface area contributed by atoms with Crippen molar-refractivity contribution in [2.75, 3.05) is 33.9 Å². The molecule has 0 fully saturated rings. The molecule has 1 aromatic carbocycles. The number of nitrogens with zero attached hydrogens (tertiary/aromatic N) is 1. The number of carbonyl (C=O) groups excluding carboxylic acids is 1. The molecule has 0 unspecified atom stereocenters. The van der Waals surface area contributed by atoms with Gasteiger partial charge in [0, 0.05) is 30.8 Å². The van der Waals surface area contributed by atoms with Crippen LogP contribution in [-0.2, 0) is 16.1 Å². The highest BCUT2D eigenvalue weighted by Crippen LogP contribution is 2.31. The first-order valence-electron chi connectivity index (χ1n) is 6.05. The molecule has 5 nitrogen and oxygen atoms in total. The summed E-state index contributed by atoms with van der Waals surface area (Å²) in [6.07, 6.45) is 0. The first kappa shape index (κ1) is 17.0. The highest BCUT2D eigenvalue weighted by Gasteiger charge is 2.12. The zero-order chi connectivity index (χ0) is 15.1. The number of benzene rings is 1. The average Bonchev–Trinajstić information content (AvgIpc) is 2.35. The molecule has 0 aliphatic heterocycles. The number of rotatable bonds is 7. The van der Waals surface area contributed by atoms with Crippen molar-refractivity contribution in [2.45, 2.75) is 6.54 Å². The molecule has 1 rings (SSSR count). The van der Waals surface area contributed by atoms with E-state index >= 15 is 0 Å². The van der Waals surface area contributed by atoms with Crippen LogP contribution in [0.2, 0.25) is 10.0 Å². The minimum Gasteiger partial charge on any atom is -0.506 e. The highest BCUT2D eigenvalue weighted by molar-refractivity contribution is 6.35. The van der Waals surface area contributed by atoms with Crippen molar-refractivity contribution in [3.8, 4) is 5.75 Å². The van der Waals surface area contributed by atoms with Crippen molar-refractivity contribution in [1.82, 2.24) is 10.2 Å². The summed E-state index contributed by atoms with van der Waals surface area (Å²) in [6, 6.07) is 3.10. The molecule has 0 heterocycles. The van der Waals surface area contributed by atoms with Crippen molar-refractivity contribution >= 4 is 29.1 Å². The molecule has 0 radical (unpaired) electrons. The Morgan fingerprint density at radius 3 is 2.80 bits per heavy atom. The number of hydrogen-bond donors (Lipinski definition) is 2. The summed E-state index contributed by atoms with van der Waals surface area (Å²) in [7, 11) is 3.34. The molecule has 1 amide bonds. The van der Waals surface area contributed by atoms with Crippen LogP contribution in [0.15, 0.2) is 12.1 Å². The maximum Gasteiger partial charge on any atom is 0.234 e. The molecule has 1 aromatic rings. The second kappa shape index (κ2) is 8.32. The van der Waals surface area contributed by atoms with Crippen LogP contribution in [0.25, 0.3) is 0 Å². The van der Waals surface area contributed by atoms with E-state index < -0.39 is 0 Å². The number of carbonyl (C=O) groups is 1. The number of ether oxygens (including phenoxy) is 1. The van der Waals surface area contributed by atoms with E-state index in [1.807, 2.05) is 0 Å². The summed E-state index contributed by atoms with van der Waals surface area (Å²) < 4.78 is 4.84. The largest absolute Gasteiger partial charge is 0.506 e. The Bertz CT molecular complexity index is 469. The normalized spacial score (nSPS) is 10.8. The van der Waals surface area contributed by atoms with E-state index in [-0.39, 0.29) is 23.2 Å². The third kappa shape index (κ3) is 5.54. The Hall–Kier alpha value is -1.01. The number of methoxy groups -OCH3 is 1. The van der Waals surface area contributed by atoms with Gasteiger partial charge in [0.05, 0.1) is 18.2 Å². The minimum atomic E-state index is -0.114. The van der Waals surface area contributed by atoms with Crippen LogP contribution in [0.4, 0.5) is 0 Å². The average molecular weight is 321 g/mol. The predicted molar refractivity (Wildman–Crippen MR) is 79.3 cm³/mol. The molecular formula is C13H18Cl2N2O3. The predicted octanol–water partition coefficient (Wildman–Crippen LogP) is 1.89. The summed E-state index contributed by atoms with van der Waals surface area (Å²) in [5.74, 6) is -0.125. The molecule has 7 heteroatoms. The van der Waals surface area contributed by atoms with Gasteiger partial charge in [0.1, 0.15) is 5.75 Å². The molecule has 0 aliphatic rings. The van der Waals surface area contributed by atoms with E-state index in [9.17, 15) is 9.90 Å². The lowest BCUT2D eigenvalue weighted by Crippen LogP contribution is -2.36. The van der Waals surface area contributed by atoms with Crippen molar-refractivity contribution < 1.29 is 14.6 Å². The van der Waals surface area contributed by atoms with E-state index in [0.29, 0.717) is 30.3 Å². The number of amides is 1. The summed E-state index contributed by atoms with van der Waals surface area (Å²) >= 11 is 11.7. The van der Waals surface area contributed by atoms with Crippen LogP contribution in [0.3, 0.4) is 0 Å². The van der Waals surface area contributed by atoms with Gasteiger partial charge in [-0.3, -0.25) is 9.69 Å². The molecule has 0 bridgehead atoms. The van der Waals surface area contributed by atoms with Crippen LogP contribution < -0.4 is 5.32 Å². The number of phenols is 1. The maximum atomic E-state index is 11.6. The smallest absolute Gasteiger partial charge is 0.234 e. The van der Waals surface area contributed by atoms with Crippen LogP contribution in [-0.4, -0.2) is 49.8 Å². The SMILES string of the molecule is COCCNC(=O)CN(C)Cc1cc(Cl)cc(Cl)c1O. The fourth-order valence-corrected chi connectivity index (χ4v) is 2.22. The number of hydrogen-bond acceptors (Lipinski definition) is 4. The summed E-state index contributed by atoms with van der Waals surface area (Å²) in [5, 5.41) is 13.2. The Kier molecular flexibility index (Phi) is 7.09. The van der Waals surface area contributed by atoms with Crippen molar-refractivity contribution in [1.29, 1.82) is 0 Å². The number of phenolic OH excluding ortho intramolecular Hbond substituents is 1. The van der Waals surface area contributed by atoms with E-state index in [0.717, 1.165) is 0 Å². The molecule has 0 aliphatic carbocycles. The molecular weight excluding hydrogens is 303 g/mol. The quantitative estimate of drug-likeness (QED) is 0.753. The van der Waals surface area contributed by atoms with Gasteiger partial charge < -0.3 is 15.2 Å². The Morgan fingerprint density at radius 2 is 2.15 bits per heavy atom. The van der Waals surface area contributed by atoms with Gasteiger partial charge in [0.15, 0.2) is 0 Å². The third-order valence-electron chi connectivity index (χ3n) is 2.59. The van der Waals surface area contributed by atoms with Gasteiger partial charge >= 0.3 is 0 Å². The number of nitrogens with one attached hydrogen (secondary N) is 1. The Labute approximate surface area is 128 Å². The second-order valence-electron chi connectivity index (χ2n) is 4.41. The zero-order valence-electron chi connectivity index (χ0n) is 11.4. The molecule has 20 heavy (non-hydrogen) atoms. The zero-order valence-corrected chi connectivity index (χ0v) is 13.0. The van der Waals surface area contributed by atoms with Gasteiger partial charge in [-0.2, -0.15) is 0 Å². The number of aromatic hydroxyl groups is 1. The molecule has 0 spiro atoms. The van der Waals surface area contributed by atoms with Gasteiger partial charge in [-0.1, -0.05) is 23.2 Å². The van der Waals surface area contributed by atoms with Crippen molar-refractivity contribution in [2.24, 2.45) is 0 Å². The standard InChI is InChI=1S/C13H18Cl2N2O3/c1-17(8-12(18)16-3-4-20-2)7-9-5-10(14)6-11(15)13(9)19/h5-6,19H,3-4,7-8H2,1-2H3,(H,16,18). The molecule has 0 aromatic heterocycles. The fraction of sp³-hybridized carbons (Fsp3) is 0.462. The lowest BCUT2D eigenvalue weighted by Gasteiger charge is -2.17. The number of likely N-dealkylation sites (N-methyl/N-ethyl adjacent to an activating group) is 1. The second-order valence-corrected chi connectivity index (χ2v) is 5.25. The van der Waals surface area contributed by atoms with E-state index in [4.69, 9.17) is 27.9 Å². The van der Waals surface area contributed by atoms with Gasteiger partial charge in [-0.05, 0) is 19.2 Å². The van der Waals surface area contributed by atoms with Gasteiger partial charge in [0.2, 0.25) is 5.91 Å². The lowest BCUT2D eigenvalue weighted by atomic mass is 10.2. The topological polar surface area (TPSA) is 61.8 Å². The van der Waals surface area contributed by atoms with Crippen LogP contribution in [0.5, 0.6) is 5.75 Å². The lowest BCUT2D eigenvalue weighted by molar-refractivity contribution is -0.122. The Balaban J connectivity index is 2.54. The highest BCUT2D eigenvalue weighted by atomic mass is 35.5. The first-order valence-corrected chi connectivity index (χ1v) is 6.80. The van der Waals surface area contributed by atoms with Gasteiger partial charge in [-0.15, -0.1) is 0 Å². The van der Waals surface area contributed by atoms with E-state index in [1.54, 1.807) is 25.1 Å².